The first-order valence-electron chi connectivity index (χ1n) is 9.83. The van der Waals surface area contributed by atoms with E-state index in [4.69, 9.17) is 9.47 Å². The predicted molar refractivity (Wildman–Crippen MR) is 120 cm³/mol. The molecule has 0 fully saturated rings. The van der Waals surface area contributed by atoms with E-state index in [0.717, 1.165) is 5.56 Å². The molecule has 2 heterocycles. The zero-order valence-electron chi connectivity index (χ0n) is 17.7. The van der Waals surface area contributed by atoms with Crippen molar-refractivity contribution < 1.29 is 19.1 Å². The van der Waals surface area contributed by atoms with Gasteiger partial charge >= 0.3 is 11.9 Å². The maximum atomic E-state index is 13.4. The number of ether oxygens (including phenoxy) is 2. The Balaban J connectivity index is 1.91. The molecule has 1 aliphatic rings. The van der Waals surface area contributed by atoms with Crippen LogP contribution in [0.3, 0.4) is 0 Å². The minimum Gasteiger partial charge on any atom is -0.466 e. The zero-order chi connectivity index (χ0) is 22.8. The van der Waals surface area contributed by atoms with Gasteiger partial charge in [-0.3, -0.25) is 14.2 Å². The lowest BCUT2D eigenvalue weighted by Gasteiger charge is -2.24. The van der Waals surface area contributed by atoms with Gasteiger partial charge in [0.1, 0.15) is 5.75 Å². The van der Waals surface area contributed by atoms with E-state index in [1.54, 1.807) is 31.2 Å². The summed E-state index contributed by atoms with van der Waals surface area (Å²) in [6, 6.07) is 15.5. The van der Waals surface area contributed by atoms with Gasteiger partial charge in [-0.25, -0.2) is 9.79 Å². The molecule has 2 aromatic carbocycles. The van der Waals surface area contributed by atoms with Gasteiger partial charge in [0.05, 0.1) is 29.0 Å². The van der Waals surface area contributed by atoms with Gasteiger partial charge in [0.25, 0.3) is 5.56 Å². The third-order valence-corrected chi connectivity index (χ3v) is 5.96. The first kappa shape index (κ1) is 21.5. The molecule has 0 saturated heterocycles. The predicted octanol–water partition coefficient (Wildman–Crippen LogP) is 2.33. The molecule has 32 heavy (non-hydrogen) atoms. The van der Waals surface area contributed by atoms with Crippen LogP contribution in [0.1, 0.15) is 31.0 Å². The molecule has 4 rings (SSSR count). The summed E-state index contributed by atoms with van der Waals surface area (Å²) in [6.07, 6.45) is 1.81. The highest BCUT2D eigenvalue weighted by Gasteiger charge is 2.33. The Labute approximate surface area is 187 Å². The van der Waals surface area contributed by atoms with Crippen molar-refractivity contribution in [1.82, 2.24) is 4.57 Å². The Kier molecular flexibility index (Phi) is 5.87. The highest BCUT2D eigenvalue weighted by atomic mass is 32.1. The molecule has 1 unspecified atom stereocenters. The number of methoxy groups -OCH3 is 1. The molecule has 0 amide bonds. The largest absolute Gasteiger partial charge is 0.466 e. The molecular formula is C24H20N2O5S. The van der Waals surface area contributed by atoms with Crippen LogP contribution in [0, 0.1) is 0 Å². The molecule has 1 aliphatic heterocycles. The smallest absolute Gasteiger partial charge is 0.338 e. The van der Waals surface area contributed by atoms with Crippen molar-refractivity contribution in [3.8, 4) is 5.75 Å². The van der Waals surface area contributed by atoms with E-state index in [0.29, 0.717) is 26.3 Å². The third-order valence-electron chi connectivity index (χ3n) is 4.98. The Bertz CT molecular complexity index is 1400. The average Bonchev–Trinajstić information content (AvgIpc) is 3.07. The number of rotatable bonds is 4. The van der Waals surface area contributed by atoms with E-state index in [-0.39, 0.29) is 11.1 Å². The summed E-state index contributed by atoms with van der Waals surface area (Å²) < 4.78 is 12.1. The molecule has 1 aromatic heterocycles. The van der Waals surface area contributed by atoms with Gasteiger partial charge in [-0.15, -0.1) is 0 Å². The maximum Gasteiger partial charge on any atom is 0.338 e. The van der Waals surface area contributed by atoms with Crippen LogP contribution in [-0.4, -0.2) is 23.6 Å². The van der Waals surface area contributed by atoms with Crippen LogP contribution in [0.2, 0.25) is 0 Å². The lowest BCUT2D eigenvalue weighted by atomic mass is 9.96. The number of esters is 2. The second-order valence-corrected chi connectivity index (χ2v) is 8.16. The Hall–Kier alpha value is -3.78. The summed E-state index contributed by atoms with van der Waals surface area (Å²) in [4.78, 5) is 42.3. The number of hydrogen-bond donors (Lipinski definition) is 0. The van der Waals surface area contributed by atoms with Crippen molar-refractivity contribution >= 4 is 29.4 Å². The van der Waals surface area contributed by atoms with E-state index >= 15 is 0 Å². The maximum absolute atomic E-state index is 13.4. The zero-order valence-corrected chi connectivity index (χ0v) is 18.5. The summed E-state index contributed by atoms with van der Waals surface area (Å²) in [5.74, 6) is -0.617. The van der Waals surface area contributed by atoms with Crippen LogP contribution < -0.4 is 19.6 Å². The number of aromatic nitrogens is 1. The van der Waals surface area contributed by atoms with E-state index in [9.17, 15) is 14.4 Å². The summed E-state index contributed by atoms with van der Waals surface area (Å²) in [5, 5.41) is 0. The van der Waals surface area contributed by atoms with Gasteiger partial charge in [-0.2, -0.15) is 0 Å². The molecule has 0 N–H and O–H groups in total. The van der Waals surface area contributed by atoms with Gasteiger partial charge in [0, 0.05) is 6.92 Å². The number of benzene rings is 2. The first-order chi connectivity index (χ1) is 15.4. The Morgan fingerprint density at radius 3 is 2.41 bits per heavy atom. The fourth-order valence-corrected chi connectivity index (χ4v) is 4.64. The molecule has 3 aromatic rings. The van der Waals surface area contributed by atoms with Crippen LogP contribution in [0.25, 0.3) is 6.08 Å². The van der Waals surface area contributed by atoms with E-state index in [1.165, 1.54) is 29.9 Å². The first-order valence-corrected chi connectivity index (χ1v) is 10.6. The van der Waals surface area contributed by atoms with Crippen molar-refractivity contribution in [1.29, 1.82) is 0 Å². The molecule has 0 bridgehead atoms. The van der Waals surface area contributed by atoms with Gasteiger partial charge in [0.2, 0.25) is 0 Å². The summed E-state index contributed by atoms with van der Waals surface area (Å²) in [6.45, 7) is 3.04. The fraction of sp³-hybridized carbons (Fsp3) is 0.167. The molecular weight excluding hydrogens is 428 g/mol. The fourth-order valence-electron chi connectivity index (χ4n) is 3.59. The van der Waals surface area contributed by atoms with Crippen molar-refractivity contribution in [3.05, 3.63) is 96.7 Å². The van der Waals surface area contributed by atoms with Crippen LogP contribution >= 0.6 is 11.3 Å². The summed E-state index contributed by atoms with van der Waals surface area (Å²) >= 11 is 1.26. The van der Waals surface area contributed by atoms with Gasteiger partial charge in [-0.05, 0) is 36.3 Å². The number of fused-ring (bicyclic) bond motifs is 1. The molecule has 0 radical (unpaired) electrons. The van der Waals surface area contributed by atoms with E-state index in [2.05, 4.69) is 4.99 Å². The second-order valence-electron chi connectivity index (χ2n) is 7.15. The van der Waals surface area contributed by atoms with Crippen LogP contribution in [0.15, 0.2) is 75.7 Å². The van der Waals surface area contributed by atoms with Crippen molar-refractivity contribution in [2.75, 3.05) is 7.11 Å². The molecule has 8 heteroatoms. The second kappa shape index (κ2) is 8.76. The van der Waals surface area contributed by atoms with Gasteiger partial charge in [0.15, 0.2) is 4.80 Å². The van der Waals surface area contributed by atoms with Crippen LogP contribution in [0.5, 0.6) is 5.75 Å². The van der Waals surface area contributed by atoms with Crippen molar-refractivity contribution in [2.24, 2.45) is 4.99 Å². The standard InChI is InChI=1S/C24H20N2O5S/c1-14-20(23(29)30-3)21(17-9-11-18(12-10-17)31-15(2)27)26-22(28)19(32-24(26)25-14)13-16-7-5-4-6-8-16/h4-13,21H,1-3H3. The van der Waals surface area contributed by atoms with E-state index in [1.807, 2.05) is 36.4 Å². The SMILES string of the molecule is COC(=O)C1=C(C)N=c2sc(=Cc3ccccc3)c(=O)n2C1c1ccc(OC(C)=O)cc1. The molecule has 0 spiro atoms. The Morgan fingerprint density at radius 1 is 1.09 bits per heavy atom. The Morgan fingerprint density at radius 2 is 1.78 bits per heavy atom. The molecule has 0 aliphatic carbocycles. The number of hydrogen-bond acceptors (Lipinski definition) is 7. The highest BCUT2D eigenvalue weighted by Crippen LogP contribution is 2.31. The number of thiazole rings is 1. The van der Waals surface area contributed by atoms with Crippen molar-refractivity contribution in [2.45, 2.75) is 19.9 Å². The minimum atomic E-state index is -0.719. The summed E-state index contributed by atoms with van der Waals surface area (Å²) in [5.41, 5.74) is 2.08. The number of allylic oxidation sites excluding steroid dienone is 1. The monoisotopic (exact) mass is 448 g/mol. The number of nitrogens with zero attached hydrogens (tertiary/aromatic N) is 2. The normalized spacial score (nSPS) is 15.7. The summed E-state index contributed by atoms with van der Waals surface area (Å²) in [7, 11) is 1.30. The highest BCUT2D eigenvalue weighted by molar-refractivity contribution is 7.07. The lowest BCUT2D eigenvalue weighted by Crippen LogP contribution is -2.39. The van der Waals surface area contributed by atoms with Gasteiger partial charge < -0.3 is 9.47 Å². The van der Waals surface area contributed by atoms with Crippen LogP contribution in [0.4, 0.5) is 0 Å². The molecule has 1 atom stereocenters. The van der Waals surface area contributed by atoms with Gasteiger partial charge in [-0.1, -0.05) is 53.8 Å². The quantitative estimate of drug-likeness (QED) is 0.452. The molecule has 162 valence electrons. The minimum absolute atomic E-state index is 0.249. The third kappa shape index (κ3) is 4.04. The number of carbonyl (C=O) groups is 2. The van der Waals surface area contributed by atoms with Crippen LogP contribution in [-0.2, 0) is 14.3 Å². The molecule has 7 nitrogen and oxygen atoms in total. The number of carbonyl (C=O) groups excluding carboxylic acids is 2. The van der Waals surface area contributed by atoms with E-state index < -0.39 is 18.0 Å². The van der Waals surface area contributed by atoms with Crippen molar-refractivity contribution in [3.63, 3.8) is 0 Å². The topological polar surface area (TPSA) is 87.0 Å². The molecule has 0 saturated carbocycles. The average molecular weight is 449 g/mol. The lowest BCUT2D eigenvalue weighted by molar-refractivity contribution is -0.136.